The molecule has 0 unspecified atom stereocenters. The summed E-state index contributed by atoms with van der Waals surface area (Å²) in [6, 6.07) is 7.12. The third-order valence-corrected chi connectivity index (χ3v) is 5.20. The van der Waals surface area contributed by atoms with Crippen LogP contribution < -0.4 is 11.1 Å². The second kappa shape index (κ2) is 8.26. The molecule has 0 saturated carbocycles. The van der Waals surface area contributed by atoms with Gasteiger partial charge >= 0.3 is 12.2 Å². The smallest absolute Gasteiger partial charge is 0.351 e. The number of aromatic nitrogens is 2. The molecule has 3 N–H and O–H groups in total. The van der Waals surface area contributed by atoms with Gasteiger partial charge < -0.3 is 5.73 Å². The first-order valence-corrected chi connectivity index (χ1v) is 9.47. The number of nitrogens with two attached hydrogens (primary N) is 1. The summed E-state index contributed by atoms with van der Waals surface area (Å²) in [5, 5.41) is 12.2. The molecule has 0 radical (unpaired) electrons. The summed E-state index contributed by atoms with van der Waals surface area (Å²) in [6.45, 7) is 1.45. The zero-order valence-corrected chi connectivity index (χ0v) is 16.5. The predicted octanol–water partition coefficient (Wildman–Crippen LogP) is 3.63. The van der Waals surface area contributed by atoms with Gasteiger partial charge in [0.1, 0.15) is 0 Å². The minimum Gasteiger partial charge on any atom is -0.351 e. The van der Waals surface area contributed by atoms with Crippen LogP contribution in [0.1, 0.15) is 12.5 Å². The molecule has 1 aromatic heterocycles. The Morgan fingerprint density at radius 2 is 1.97 bits per heavy atom. The molecule has 9 nitrogen and oxygen atoms in total. The number of nitrogens with one attached hydrogen (secondary N) is 1. The van der Waals surface area contributed by atoms with Crippen LogP contribution in [0.4, 0.5) is 23.7 Å². The summed E-state index contributed by atoms with van der Waals surface area (Å²) in [4.78, 5) is 37.7. The fourth-order valence-electron chi connectivity index (χ4n) is 2.74. The lowest BCUT2D eigenvalue weighted by atomic mass is 10.2. The number of non-ortho nitro benzene ring substituents is 1. The number of imidazole rings is 1. The number of halogens is 3. The van der Waals surface area contributed by atoms with Gasteiger partial charge in [0.15, 0.2) is 5.16 Å². The Morgan fingerprint density at radius 3 is 2.58 bits per heavy atom. The number of alkyl halides is 3. The average Bonchev–Trinajstić information content (AvgIpc) is 3.03. The van der Waals surface area contributed by atoms with Crippen molar-refractivity contribution in [3.8, 4) is 5.69 Å². The molecule has 0 saturated heterocycles. The van der Waals surface area contributed by atoms with E-state index in [9.17, 15) is 32.9 Å². The minimum absolute atomic E-state index is 0.0937. The van der Waals surface area contributed by atoms with Crippen molar-refractivity contribution in [1.29, 1.82) is 0 Å². The third kappa shape index (κ3) is 4.77. The molecule has 13 heteroatoms. The number of fused-ring (bicyclic) bond motifs is 1. The summed E-state index contributed by atoms with van der Waals surface area (Å²) in [7, 11) is 0. The Kier molecular flexibility index (Phi) is 5.88. The van der Waals surface area contributed by atoms with Crippen molar-refractivity contribution in [2.45, 2.75) is 23.5 Å². The number of primary amides is 1. The molecule has 2 aromatic carbocycles. The Labute approximate surface area is 176 Å². The first-order valence-electron chi connectivity index (χ1n) is 8.59. The van der Waals surface area contributed by atoms with Crippen molar-refractivity contribution >= 4 is 40.4 Å². The van der Waals surface area contributed by atoms with Gasteiger partial charge in [-0.2, -0.15) is 13.2 Å². The number of rotatable bonds is 5. The number of nitrogens with zero attached hydrogens (tertiary/aromatic N) is 3. The molecule has 1 atom stereocenters. The number of carbonyl (C=O) groups excluding carboxylic acids is 2. The van der Waals surface area contributed by atoms with Crippen LogP contribution in [0.2, 0.25) is 0 Å². The van der Waals surface area contributed by atoms with E-state index in [2.05, 4.69) is 4.98 Å². The van der Waals surface area contributed by atoms with E-state index in [1.54, 1.807) is 0 Å². The maximum atomic E-state index is 13.2. The van der Waals surface area contributed by atoms with Crippen LogP contribution in [0, 0.1) is 10.1 Å². The number of imide groups is 1. The van der Waals surface area contributed by atoms with E-state index >= 15 is 0 Å². The van der Waals surface area contributed by atoms with Crippen molar-refractivity contribution in [1.82, 2.24) is 14.9 Å². The summed E-state index contributed by atoms with van der Waals surface area (Å²) in [6.07, 6.45) is -4.59. The van der Waals surface area contributed by atoms with Gasteiger partial charge in [-0.15, -0.1) is 0 Å². The van der Waals surface area contributed by atoms with Crippen molar-refractivity contribution in [3.05, 3.63) is 58.1 Å². The molecule has 31 heavy (non-hydrogen) atoms. The highest BCUT2D eigenvalue weighted by atomic mass is 32.2. The number of hydrogen-bond acceptors (Lipinski definition) is 6. The topological polar surface area (TPSA) is 133 Å². The standard InChI is InChI=1S/C18H14F3N5O4S/c1-9(15(27)24-16(22)28)31-17-23-13-8-12(26(29)30)5-6-14(13)25(17)11-4-2-3-10(7-11)18(19,20)21/h2-9H,1H3,(H3,22,24,27,28)/t9-/m0/s1. The van der Waals surface area contributed by atoms with Crippen LogP contribution in [-0.4, -0.2) is 31.7 Å². The number of urea groups is 1. The van der Waals surface area contributed by atoms with Crippen LogP contribution in [0.3, 0.4) is 0 Å². The fourth-order valence-corrected chi connectivity index (χ4v) is 3.69. The molecule has 0 aliphatic heterocycles. The number of carbonyl (C=O) groups is 2. The molecule has 3 rings (SSSR count). The zero-order valence-electron chi connectivity index (χ0n) is 15.7. The van der Waals surface area contributed by atoms with Crippen LogP contribution in [-0.2, 0) is 11.0 Å². The van der Waals surface area contributed by atoms with Gasteiger partial charge in [0.2, 0.25) is 5.91 Å². The monoisotopic (exact) mass is 453 g/mol. The fraction of sp³-hybridized carbons (Fsp3) is 0.167. The summed E-state index contributed by atoms with van der Waals surface area (Å²) in [5.41, 5.74) is 4.33. The lowest BCUT2D eigenvalue weighted by Gasteiger charge is -2.14. The largest absolute Gasteiger partial charge is 0.416 e. The van der Waals surface area contributed by atoms with E-state index in [1.807, 2.05) is 5.32 Å². The Hall–Kier alpha value is -3.61. The maximum Gasteiger partial charge on any atom is 0.416 e. The van der Waals surface area contributed by atoms with E-state index in [0.717, 1.165) is 23.9 Å². The molecule has 1 heterocycles. The van der Waals surface area contributed by atoms with E-state index in [1.165, 1.54) is 41.8 Å². The van der Waals surface area contributed by atoms with Crippen LogP contribution >= 0.6 is 11.8 Å². The summed E-state index contributed by atoms with van der Waals surface area (Å²) < 4.78 is 41.0. The quantitative estimate of drug-likeness (QED) is 0.344. The zero-order chi connectivity index (χ0) is 22.9. The molecule has 0 fully saturated rings. The van der Waals surface area contributed by atoms with Crippen molar-refractivity contribution in [3.63, 3.8) is 0 Å². The third-order valence-electron chi connectivity index (χ3n) is 4.15. The molecule has 3 amide bonds. The number of nitro groups is 1. The number of hydrogen-bond donors (Lipinski definition) is 2. The number of nitro benzene ring substituents is 1. The van der Waals surface area contributed by atoms with Gasteiger partial charge in [-0.25, -0.2) is 9.78 Å². The number of thioether (sulfide) groups is 1. The average molecular weight is 453 g/mol. The Balaban J connectivity index is 2.15. The van der Waals surface area contributed by atoms with E-state index < -0.39 is 33.9 Å². The SMILES string of the molecule is C[C@H](Sc1nc2cc([N+](=O)[O-])ccc2n1-c1cccc(C(F)(F)F)c1)C(=O)NC(N)=O. The Morgan fingerprint density at radius 1 is 1.26 bits per heavy atom. The highest BCUT2D eigenvalue weighted by Gasteiger charge is 2.31. The lowest BCUT2D eigenvalue weighted by molar-refractivity contribution is -0.384. The Bertz CT molecular complexity index is 1190. The summed E-state index contributed by atoms with van der Waals surface area (Å²) in [5.74, 6) is -0.730. The van der Waals surface area contributed by atoms with Crippen LogP contribution in [0.15, 0.2) is 47.6 Å². The van der Waals surface area contributed by atoms with Gasteiger partial charge in [0.25, 0.3) is 5.69 Å². The molecule has 0 spiro atoms. The number of benzene rings is 2. The van der Waals surface area contributed by atoms with Crippen molar-refractivity contribution in [2.75, 3.05) is 0 Å². The lowest BCUT2D eigenvalue weighted by Crippen LogP contribution is -2.39. The summed E-state index contributed by atoms with van der Waals surface area (Å²) >= 11 is 0.849. The van der Waals surface area contributed by atoms with Crippen LogP contribution in [0.25, 0.3) is 16.7 Å². The van der Waals surface area contributed by atoms with Crippen molar-refractivity contribution in [2.24, 2.45) is 5.73 Å². The number of amides is 3. The van der Waals surface area contributed by atoms with Crippen molar-refractivity contribution < 1.29 is 27.7 Å². The normalized spacial score (nSPS) is 12.5. The maximum absolute atomic E-state index is 13.2. The van der Waals surface area contributed by atoms with Crippen LogP contribution in [0.5, 0.6) is 0 Å². The molecule has 0 aliphatic rings. The van der Waals surface area contributed by atoms with Gasteiger partial charge in [0, 0.05) is 17.8 Å². The first kappa shape index (κ1) is 22.1. The second-order valence-corrected chi connectivity index (χ2v) is 7.63. The second-order valence-electron chi connectivity index (χ2n) is 6.32. The first-order chi connectivity index (χ1) is 14.5. The molecular weight excluding hydrogens is 439 g/mol. The van der Waals surface area contributed by atoms with E-state index in [0.29, 0.717) is 5.52 Å². The van der Waals surface area contributed by atoms with Gasteiger partial charge in [-0.1, -0.05) is 17.8 Å². The molecule has 0 aliphatic carbocycles. The van der Waals surface area contributed by atoms with Gasteiger partial charge in [-0.3, -0.25) is 24.8 Å². The molecule has 162 valence electrons. The van der Waals surface area contributed by atoms with E-state index in [-0.39, 0.29) is 22.0 Å². The predicted molar refractivity (Wildman–Crippen MR) is 106 cm³/mol. The molecular formula is C18H14F3N5O4S. The van der Waals surface area contributed by atoms with Gasteiger partial charge in [0.05, 0.1) is 26.8 Å². The highest BCUT2D eigenvalue weighted by molar-refractivity contribution is 8.00. The minimum atomic E-state index is -4.59. The molecule has 3 aromatic rings. The van der Waals surface area contributed by atoms with E-state index in [4.69, 9.17) is 5.73 Å². The van der Waals surface area contributed by atoms with Gasteiger partial charge in [-0.05, 0) is 31.2 Å². The molecule has 0 bridgehead atoms. The highest BCUT2D eigenvalue weighted by Crippen LogP contribution is 2.35.